The molecule has 6 nitrogen and oxygen atoms in total. The maximum atomic E-state index is 12.2. The van der Waals surface area contributed by atoms with Crippen molar-refractivity contribution in [3.63, 3.8) is 0 Å². The molecule has 2 aromatic rings. The number of amides is 1. The third-order valence-electron chi connectivity index (χ3n) is 4.37. The van der Waals surface area contributed by atoms with Crippen LogP contribution in [0.1, 0.15) is 31.0 Å². The van der Waals surface area contributed by atoms with Crippen LogP contribution in [-0.2, 0) is 4.79 Å². The number of piperidine rings is 1. The third kappa shape index (κ3) is 2.03. The molecular weight excluding hydrogens is 266 g/mol. The summed E-state index contributed by atoms with van der Waals surface area (Å²) in [6.45, 7) is 0.950. The van der Waals surface area contributed by atoms with Gasteiger partial charge in [0, 0.05) is 30.1 Å². The molecule has 0 aliphatic carbocycles. The van der Waals surface area contributed by atoms with E-state index < -0.39 is 0 Å². The van der Waals surface area contributed by atoms with Gasteiger partial charge >= 0.3 is 0 Å². The number of aromatic nitrogens is 3. The number of aromatic amines is 1. The highest BCUT2D eigenvalue weighted by Crippen LogP contribution is 2.35. The first-order chi connectivity index (χ1) is 10.3. The van der Waals surface area contributed by atoms with E-state index in [-0.39, 0.29) is 18.1 Å². The largest absolute Gasteiger partial charge is 0.335 e. The molecule has 0 aromatic carbocycles. The van der Waals surface area contributed by atoms with E-state index in [1.807, 2.05) is 24.5 Å². The van der Waals surface area contributed by atoms with Crippen molar-refractivity contribution in [3.8, 4) is 11.3 Å². The molecule has 0 spiro atoms. The summed E-state index contributed by atoms with van der Waals surface area (Å²) in [5, 5.41) is 10.3. The summed E-state index contributed by atoms with van der Waals surface area (Å²) in [6.07, 6.45) is 8.49. The third-order valence-corrected chi connectivity index (χ3v) is 4.37. The van der Waals surface area contributed by atoms with Crippen molar-refractivity contribution in [2.75, 3.05) is 6.54 Å². The Morgan fingerprint density at radius 2 is 2.24 bits per heavy atom. The second kappa shape index (κ2) is 4.96. The molecule has 1 amide bonds. The van der Waals surface area contributed by atoms with Crippen molar-refractivity contribution in [1.82, 2.24) is 25.4 Å². The lowest BCUT2D eigenvalue weighted by atomic mass is 10.0. The van der Waals surface area contributed by atoms with E-state index in [2.05, 4.69) is 25.4 Å². The lowest BCUT2D eigenvalue weighted by Gasteiger charge is -2.31. The number of nitrogens with one attached hydrogen (secondary N) is 2. The molecule has 4 rings (SSSR count). The van der Waals surface area contributed by atoms with Crippen LogP contribution >= 0.6 is 0 Å². The normalized spacial score (nSPS) is 25.6. The number of H-pyrrole nitrogens is 1. The Balaban J connectivity index is 1.72. The van der Waals surface area contributed by atoms with Gasteiger partial charge in [0.25, 0.3) is 0 Å². The minimum atomic E-state index is -0.0863. The van der Waals surface area contributed by atoms with Crippen LogP contribution in [0.15, 0.2) is 30.7 Å². The zero-order chi connectivity index (χ0) is 14.2. The molecule has 2 aromatic heterocycles. The minimum absolute atomic E-state index is 0.0143. The van der Waals surface area contributed by atoms with E-state index in [0.717, 1.165) is 42.6 Å². The number of pyridine rings is 1. The van der Waals surface area contributed by atoms with E-state index >= 15 is 0 Å². The molecule has 0 bridgehead atoms. The van der Waals surface area contributed by atoms with Gasteiger partial charge in [0.15, 0.2) is 0 Å². The Hall–Kier alpha value is -2.21. The molecule has 2 aliphatic rings. The van der Waals surface area contributed by atoms with Gasteiger partial charge in [-0.2, -0.15) is 5.10 Å². The summed E-state index contributed by atoms with van der Waals surface area (Å²) in [4.78, 5) is 18.6. The Bertz CT molecular complexity index is 653. The molecule has 2 aliphatic heterocycles. The van der Waals surface area contributed by atoms with Gasteiger partial charge in [-0.1, -0.05) is 6.42 Å². The average molecular weight is 283 g/mol. The van der Waals surface area contributed by atoms with E-state index in [1.54, 1.807) is 6.20 Å². The summed E-state index contributed by atoms with van der Waals surface area (Å²) >= 11 is 0. The fraction of sp³-hybridized carbons (Fsp3) is 0.400. The zero-order valence-corrected chi connectivity index (χ0v) is 11.6. The van der Waals surface area contributed by atoms with Crippen molar-refractivity contribution < 1.29 is 4.79 Å². The fourth-order valence-electron chi connectivity index (χ4n) is 3.36. The number of carbonyl (C=O) groups excluding carboxylic acids is 1. The molecule has 2 atom stereocenters. The molecule has 0 saturated carbocycles. The predicted octanol–water partition coefficient (Wildman–Crippen LogP) is 1.45. The second-order valence-electron chi connectivity index (χ2n) is 5.60. The van der Waals surface area contributed by atoms with E-state index in [9.17, 15) is 4.79 Å². The maximum absolute atomic E-state index is 12.2. The first kappa shape index (κ1) is 12.5. The van der Waals surface area contributed by atoms with Crippen LogP contribution in [-0.4, -0.2) is 38.6 Å². The number of hydrogen-bond acceptors (Lipinski definition) is 4. The van der Waals surface area contributed by atoms with Gasteiger partial charge in [-0.3, -0.25) is 19.8 Å². The molecule has 4 heterocycles. The Labute approximate surface area is 122 Å². The van der Waals surface area contributed by atoms with Gasteiger partial charge in [0.05, 0.1) is 17.9 Å². The van der Waals surface area contributed by atoms with Gasteiger partial charge in [-0.05, 0) is 25.0 Å². The van der Waals surface area contributed by atoms with E-state index in [4.69, 9.17) is 0 Å². The molecule has 2 N–H and O–H groups in total. The Kier molecular flexibility index (Phi) is 2.96. The minimum Gasteiger partial charge on any atom is -0.335 e. The highest BCUT2D eigenvalue weighted by atomic mass is 16.2. The van der Waals surface area contributed by atoms with Crippen LogP contribution in [0.2, 0.25) is 0 Å². The second-order valence-corrected chi connectivity index (χ2v) is 5.60. The van der Waals surface area contributed by atoms with Gasteiger partial charge < -0.3 is 5.32 Å². The fourth-order valence-corrected chi connectivity index (χ4v) is 3.36. The first-order valence-electron chi connectivity index (χ1n) is 7.34. The van der Waals surface area contributed by atoms with E-state index in [1.165, 1.54) is 0 Å². The summed E-state index contributed by atoms with van der Waals surface area (Å²) in [5.41, 5.74) is 2.93. The Morgan fingerprint density at radius 1 is 1.29 bits per heavy atom. The van der Waals surface area contributed by atoms with Crippen LogP contribution in [0, 0.1) is 0 Å². The zero-order valence-electron chi connectivity index (χ0n) is 11.6. The van der Waals surface area contributed by atoms with Crippen LogP contribution < -0.4 is 5.32 Å². The standard InChI is InChI=1S/C15H17N5O/c21-15-12-5-1-2-7-20(12)14(18-15)11-9-17-19-13(11)10-4-3-6-16-8-10/h3-4,6,8-9,12,14H,1-2,5,7H2,(H,17,19)(H,18,21). The predicted molar refractivity (Wildman–Crippen MR) is 77.0 cm³/mol. The Morgan fingerprint density at radius 3 is 3.10 bits per heavy atom. The molecule has 2 fully saturated rings. The van der Waals surface area contributed by atoms with Crippen LogP contribution in [0.4, 0.5) is 0 Å². The van der Waals surface area contributed by atoms with Crippen molar-refractivity contribution >= 4 is 5.91 Å². The van der Waals surface area contributed by atoms with Crippen LogP contribution in [0.3, 0.4) is 0 Å². The molecule has 2 saturated heterocycles. The van der Waals surface area contributed by atoms with E-state index in [0.29, 0.717) is 0 Å². The quantitative estimate of drug-likeness (QED) is 0.875. The number of fused-ring (bicyclic) bond motifs is 1. The number of nitrogens with zero attached hydrogens (tertiary/aromatic N) is 3. The average Bonchev–Trinajstić information content (AvgIpc) is 3.13. The summed E-state index contributed by atoms with van der Waals surface area (Å²) in [6, 6.07) is 3.91. The summed E-state index contributed by atoms with van der Waals surface area (Å²) < 4.78 is 0. The summed E-state index contributed by atoms with van der Waals surface area (Å²) in [7, 11) is 0. The molecule has 2 unspecified atom stereocenters. The SMILES string of the molecule is O=C1NC(c2cn[nH]c2-c2cccnc2)N2CCCCC12. The first-order valence-corrected chi connectivity index (χ1v) is 7.34. The number of carbonyl (C=O) groups is 1. The monoisotopic (exact) mass is 283 g/mol. The smallest absolute Gasteiger partial charge is 0.238 e. The van der Waals surface area contributed by atoms with Gasteiger partial charge in [-0.15, -0.1) is 0 Å². The molecule has 21 heavy (non-hydrogen) atoms. The molecular formula is C15H17N5O. The highest BCUT2D eigenvalue weighted by molar-refractivity contribution is 5.85. The van der Waals surface area contributed by atoms with Crippen molar-refractivity contribution in [3.05, 3.63) is 36.3 Å². The number of rotatable bonds is 2. The summed E-state index contributed by atoms with van der Waals surface area (Å²) in [5.74, 6) is 0.137. The van der Waals surface area contributed by atoms with Crippen LogP contribution in [0.5, 0.6) is 0 Å². The van der Waals surface area contributed by atoms with Gasteiger partial charge in [-0.25, -0.2) is 0 Å². The van der Waals surface area contributed by atoms with Gasteiger partial charge in [0.2, 0.25) is 5.91 Å². The van der Waals surface area contributed by atoms with Gasteiger partial charge in [0.1, 0.15) is 6.17 Å². The van der Waals surface area contributed by atoms with Crippen molar-refractivity contribution in [2.45, 2.75) is 31.5 Å². The molecule has 0 radical (unpaired) electrons. The lowest BCUT2D eigenvalue weighted by Crippen LogP contribution is -2.38. The number of hydrogen-bond donors (Lipinski definition) is 2. The highest BCUT2D eigenvalue weighted by Gasteiger charge is 2.42. The van der Waals surface area contributed by atoms with Crippen LogP contribution in [0.25, 0.3) is 11.3 Å². The lowest BCUT2D eigenvalue weighted by molar-refractivity contribution is -0.122. The molecule has 6 heteroatoms. The van der Waals surface area contributed by atoms with Crippen molar-refractivity contribution in [1.29, 1.82) is 0 Å². The van der Waals surface area contributed by atoms with Crippen molar-refractivity contribution in [2.24, 2.45) is 0 Å². The molecule has 108 valence electrons. The topological polar surface area (TPSA) is 73.9 Å². The maximum Gasteiger partial charge on any atom is 0.238 e.